The van der Waals surface area contributed by atoms with Crippen molar-refractivity contribution in [3.8, 4) is 0 Å². The van der Waals surface area contributed by atoms with Crippen molar-refractivity contribution in [3.63, 3.8) is 0 Å². The van der Waals surface area contributed by atoms with Gasteiger partial charge in [-0.15, -0.1) is 0 Å². The second kappa shape index (κ2) is 32.1. The summed E-state index contributed by atoms with van der Waals surface area (Å²) in [6.45, 7) is 28.5. The van der Waals surface area contributed by atoms with E-state index in [1.807, 2.05) is 117 Å². The topological polar surface area (TPSA) is 313 Å². The average molecular weight is 1570 g/mol. The molecule has 5 aromatic rings. The number of aliphatic carboxylic acids is 1. The van der Waals surface area contributed by atoms with E-state index >= 15 is 0 Å². The predicted molar refractivity (Wildman–Crippen MR) is 431 cm³/mol. The van der Waals surface area contributed by atoms with Gasteiger partial charge in [0.1, 0.15) is 28.2 Å². The first kappa shape index (κ1) is 82.4. The van der Waals surface area contributed by atoms with Crippen LogP contribution in [0.3, 0.4) is 0 Å². The van der Waals surface area contributed by atoms with Gasteiger partial charge in [0, 0.05) is 91.3 Å². The molecule has 17 rings (SSSR count). The van der Waals surface area contributed by atoms with Crippen LogP contribution in [0.4, 0.5) is 14.4 Å². The lowest BCUT2D eigenvalue weighted by Gasteiger charge is -2.51. The summed E-state index contributed by atoms with van der Waals surface area (Å²) in [5, 5.41) is 37.3. The number of piperidine rings is 2. The Kier molecular flexibility index (Phi) is 23.2. The quantitative estimate of drug-likeness (QED) is 0.0128. The number of nitrogens with two attached hydrogens (primary N) is 1. The molecule has 4 heterocycles. The minimum atomic E-state index is -0.667. The highest BCUT2D eigenvalue weighted by atomic mass is 16.6. The summed E-state index contributed by atoms with van der Waals surface area (Å²) < 4.78 is 34.1. The molecule has 0 radical (unpaired) electrons. The highest BCUT2D eigenvalue weighted by Crippen LogP contribution is 2.61. The summed E-state index contributed by atoms with van der Waals surface area (Å²) in [5.74, 6) is 4.67. The Balaban J connectivity index is 0.000000131. The minimum absolute atomic E-state index is 0.00808. The molecule has 3 aromatic carbocycles. The van der Waals surface area contributed by atoms with Crippen LogP contribution in [0, 0.1) is 33.5 Å². The molecule has 6 atom stereocenters. The molecule has 114 heavy (non-hydrogen) atoms. The van der Waals surface area contributed by atoms with E-state index in [9.17, 15) is 24.0 Å². The van der Waals surface area contributed by atoms with Crippen molar-refractivity contribution in [1.82, 2.24) is 45.6 Å². The van der Waals surface area contributed by atoms with Crippen LogP contribution in [0.15, 0.2) is 105 Å². The SMILES string of the molecule is CC(C)(C)OC(=O)C1CCC2(CC1)CC(C(=O)O)C2.CC(C)(C)OC(=O)N(CC1(C(N)=NO)CC1)C1C[C@@H]1c1ccccc1.CC(C)(C)OC(=O)N1CCC2(CC1)CC(c1nc(C3(CN(C(=O)OC(C)(C)C)C4C[C@@H]4c4ccccc4)CC3)no1)C2.c1ccc([C@H]2CC2NCC2(c3noc(C4CC5(CCNCC5)C4)n3)CC2)cc1. The molecule has 10 saturated carbocycles. The number of nitrogens with one attached hydrogen (secondary N) is 2. The van der Waals surface area contributed by atoms with Gasteiger partial charge in [0.25, 0.3) is 0 Å². The van der Waals surface area contributed by atoms with Gasteiger partial charge in [-0.05, 0) is 277 Å². The zero-order valence-corrected chi connectivity index (χ0v) is 69.7. The van der Waals surface area contributed by atoms with Crippen LogP contribution in [0.1, 0.15) is 300 Å². The van der Waals surface area contributed by atoms with Crippen LogP contribution in [0.5, 0.6) is 0 Å². The molecule has 12 aliphatic rings. The molecule has 2 saturated heterocycles. The Morgan fingerprint density at radius 1 is 0.535 bits per heavy atom. The number of carbonyl (C=O) groups excluding carboxylic acids is 4. The number of esters is 1. The summed E-state index contributed by atoms with van der Waals surface area (Å²) in [4.78, 5) is 76.9. The van der Waals surface area contributed by atoms with E-state index < -0.39 is 33.8 Å². The molecule has 2 aliphatic heterocycles. The second-order valence-corrected chi connectivity index (χ2v) is 40.5. The van der Waals surface area contributed by atoms with Crippen LogP contribution in [0.2, 0.25) is 0 Å². The first-order chi connectivity index (χ1) is 54.0. The van der Waals surface area contributed by atoms with Gasteiger partial charge in [0.2, 0.25) is 11.8 Å². The predicted octanol–water partition coefficient (Wildman–Crippen LogP) is 16.6. The number of aromatic nitrogens is 4. The third-order valence-corrected chi connectivity index (χ3v) is 26.8. The van der Waals surface area contributed by atoms with Crippen LogP contribution in [-0.4, -0.2) is 168 Å². The highest BCUT2D eigenvalue weighted by Gasteiger charge is 2.59. The van der Waals surface area contributed by atoms with E-state index in [2.05, 4.69) is 92.8 Å². The summed E-state index contributed by atoms with van der Waals surface area (Å²) in [6.07, 6.45) is 22.5. The summed E-state index contributed by atoms with van der Waals surface area (Å²) >= 11 is 0. The number of amides is 3. The number of ether oxygens (including phenoxy) is 4. The van der Waals surface area contributed by atoms with Crippen LogP contribution in [0.25, 0.3) is 0 Å². The van der Waals surface area contributed by atoms with Gasteiger partial charge in [-0.25, -0.2) is 14.4 Å². The van der Waals surface area contributed by atoms with E-state index in [4.69, 9.17) is 54.0 Å². The number of carbonyl (C=O) groups is 5. The van der Waals surface area contributed by atoms with Gasteiger partial charge in [-0.1, -0.05) is 106 Å². The smallest absolute Gasteiger partial charge is 0.410 e. The fourth-order valence-corrected chi connectivity index (χ4v) is 19.1. The number of amidine groups is 1. The van der Waals surface area contributed by atoms with Crippen molar-refractivity contribution in [1.29, 1.82) is 0 Å². The Morgan fingerprint density at radius 2 is 0.965 bits per heavy atom. The summed E-state index contributed by atoms with van der Waals surface area (Å²) in [7, 11) is 0. The maximum absolute atomic E-state index is 13.4. The fraction of sp³-hybridized carbons (Fsp3) is 0.689. The van der Waals surface area contributed by atoms with Crippen molar-refractivity contribution in [2.45, 2.75) is 312 Å². The number of carboxylic acid groups (broad SMARTS) is 1. The Hall–Kier alpha value is -8.12. The van der Waals surface area contributed by atoms with Crippen LogP contribution < -0.4 is 16.4 Å². The Bertz CT molecular complexity index is 4170. The first-order valence-electron chi connectivity index (χ1n) is 42.6. The van der Waals surface area contributed by atoms with Gasteiger partial charge in [-0.2, -0.15) is 9.97 Å². The maximum Gasteiger partial charge on any atom is 0.410 e. The van der Waals surface area contributed by atoms with Crippen molar-refractivity contribution < 1.29 is 62.3 Å². The van der Waals surface area contributed by atoms with Gasteiger partial charge < -0.3 is 69.4 Å². The van der Waals surface area contributed by atoms with E-state index in [1.165, 1.54) is 74.7 Å². The van der Waals surface area contributed by atoms with Crippen molar-refractivity contribution in [3.05, 3.63) is 131 Å². The summed E-state index contributed by atoms with van der Waals surface area (Å²) in [6, 6.07) is 32.3. The normalized spacial score (nSPS) is 28.1. The van der Waals surface area contributed by atoms with Crippen molar-refractivity contribution in [2.24, 2.45) is 44.4 Å². The zero-order chi connectivity index (χ0) is 81.0. The number of nitrogens with zero attached hydrogens (tertiary/aromatic N) is 8. The molecule has 24 nitrogen and oxygen atoms in total. The number of hydrogen-bond donors (Lipinski definition) is 5. The minimum Gasteiger partial charge on any atom is -0.481 e. The average Bonchev–Trinajstić information content (AvgIpc) is 1.53. The third kappa shape index (κ3) is 19.9. The Labute approximate surface area is 673 Å². The van der Waals surface area contributed by atoms with Crippen LogP contribution >= 0.6 is 0 Å². The lowest BCUT2D eigenvalue weighted by atomic mass is 9.54. The molecule has 0 bridgehead atoms. The van der Waals surface area contributed by atoms with E-state index in [1.54, 1.807) is 4.90 Å². The molecule has 3 unspecified atom stereocenters. The van der Waals surface area contributed by atoms with Crippen LogP contribution in [-0.2, 0) is 39.4 Å². The van der Waals surface area contributed by atoms with E-state index in [0.717, 1.165) is 140 Å². The molecule has 3 amide bonds. The standard InChI is InChI=1S/C33H46N4O5.C23H30N4O.C19H27N3O3.C15H24O4/c1-30(2,3)40-28(38)36-16-14-32(15-17-36)19-23(20-32)26-34-27(35-42-26)33(12-13-33)21-37(29(39)41-31(4,5)6)25-18-24(25)22-10-8-7-9-11-22;1-2-4-16(5-3-1)18-12-19(18)25-15-23(6-7-23)21-26-20(28-27-21)17-13-22(14-17)8-10-24-11-9-22;1-18(2,3)25-17(23)22(12-19(9-10-19)16(20)21-24)15-11-14(15)13-7-5-4-6-8-13;1-14(2,3)19-13(18)10-4-6-15(7-5-10)8-11(9-15)12(16)17/h7-11,23-25H,12-21H2,1-6H3;1-5,17-19,24-25H,6-15H2;4-8,14-15,24H,9-12H2,1-3H3,(H2,20,21);10-11H,4-9H2,1-3H3,(H,16,17)/t24-,25?;18-,19?;14-,15?;/m111./s1. The molecular weight excluding hydrogens is 1440 g/mol. The second-order valence-electron chi connectivity index (χ2n) is 40.5. The number of rotatable bonds is 19. The molecule has 24 heteroatoms. The van der Waals surface area contributed by atoms with E-state index in [0.29, 0.717) is 54.1 Å². The molecule has 2 aromatic heterocycles. The number of hydrogen-bond acceptors (Lipinski definition) is 19. The van der Waals surface area contributed by atoms with E-state index in [-0.39, 0.29) is 81.6 Å². The van der Waals surface area contributed by atoms with Crippen molar-refractivity contribution in [2.75, 3.05) is 45.8 Å². The monoisotopic (exact) mass is 1570 g/mol. The first-order valence-corrected chi connectivity index (χ1v) is 42.6. The maximum atomic E-state index is 13.4. The number of benzene rings is 3. The molecule has 10 aliphatic carbocycles. The van der Waals surface area contributed by atoms with Gasteiger partial charge in [0.05, 0.1) is 17.3 Å². The molecule has 620 valence electrons. The molecule has 12 fully saturated rings. The molecule has 6 N–H and O–H groups in total. The molecular formula is C90H127N11O13. The lowest BCUT2D eigenvalue weighted by molar-refractivity contribution is -0.165. The molecule has 3 spiro atoms. The zero-order valence-electron chi connectivity index (χ0n) is 69.7. The fourth-order valence-electron chi connectivity index (χ4n) is 19.1. The van der Waals surface area contributed by atoms with Gasteiger partial charge in [0.15, 0.2) is 11.6 Å². The third-order valence-electron chi connectivity index (χ3n) is 26.8. The number of oxime groups is 1. The van der Waals surface area contributed by atoms with Gasteiger partial charge in [-0.3, -0.25) is 9.59 Å². The summed E-state index contributed by atoms with van der Waals surface area (Å²) in [5.41, 5.74) is 8.26. The highest BCUT2D eigenvalue weighted by molar-refractivity contribution is 5.89. The number of carboxylic acids is 1. The largest absolute Gasteiger partial charge is 0.481 e. The Morgan fingerprint density at radius 3 is 1.39 bits per heavy atom. The number of likely N-dealkylation sites (tertiary alicyclic amines) is 1. The lowest BCUT2D eigenvalue weighted by Crippen LogP contribution is -2.49. The van der Waals surface area contributed by atoms with Crippen molar-refractivity contribution >= 4 is 36.1 Å². The van der Waals surface area contributed by atoms with Gasteiger partial charge >= 0.3 is 30.2 Å².